The zero-order valence-electron chi connectivity index (χ0n) is 10.2. The van der Waals surface area contributed by atoms with Crippen molar-refractivity contribution in [3.63, 3.8) is 0 Å². The van der Waals surface area contributed by atoms with Crippen LogP contribution in [0.2, 0.25) is 0 Å². The molecule has 0 bridgehead atoms. The van der Waals surface area contributed by atoms with Crippen LogP contribution in [-0.2, 0) is 6.61 Å². The maximum Gasteiger partial charge on any atom is 0.347 e. The molecule has 20 heavy (non-hydrogen) atoms. The van der Waals surface area contributed by atoms with Crippen LogP contribution in [0.25, 0.3) is 5.69 Å². The largest absolute Gasteiger partial charge is 0.391 e. The second kappa shape index (κ2) is 5.41. The third-order valence-corrected chi connectivity index (χ3v) is 2.69. The molecule has 0 aliphatic carbocycles. The number of hydrogen-bond acceptors (Lipinski definition) is 5. The van der Waals surface area contributed by atoms with E-state index in [-0.39, 0.29) is 23.7 Å². The fraction of sp³-hybridized carbons (Fsp3) is 0.0833. The lowest BCUT2D eigenvalue weighted by atomic mass is 10.2. The number of rotatable bonds is 4. The molecule has 0 unspecified atom stereocenters. The number of non-ortho nitro benzene ring substituents is 1. The average molecular weight is 276 g/mol. The van der Waals surface area contributed by atoms with E-state index in [1.54, 1.807) is 18.3 Å². The van der Waals surface area contributed by atoms with Crippen LogP contribution in [0, 0.1) is 20.2 Å². The number of hydrogen-bond donors (Lipinski definition) is 1. The number of pyridine rings is 1. The summed E-state index contributed by atoms with van der Waals surface area (Å²) in [7, 11) is 0. The molecule has 1 aromatic heterocycles. The van der Waals surface area contributed by atoms with Crippen LogP contribution >= 0.6 is 0 Å². The fourth-order valence-corrected chi connectivity index (χ4v) is 1.76. The number of aliphatic hydroxyl groups excluding tert-OH is 1. The standard InChI is InChI=1S/C12H10N3O5/c16-8-9-2-1-5-13(7-9)11-4-3-10(14(17)18)6-12(11)15(19)20/h1-7,16H,8H2/q+1. The van der Waals surface area contributed by atoms with Crippen molar-refractivity contribution in [2.75, 3.05) is 0 Å². The van der Waals surface area contributed by atoms with E-state index in [1.807, 2.05) is 0 Å². The SMILES string of the molecule is O=[N+]([O-])c1ccc(-[n+]2cccc(CO)c2)c([N+](=O)[O-])c1. The molecule has 8 heteroatoms. The number of nitro benzene ring substituents is 2. The van der Waals surface area contributed by atoms with Gasteiger partial charge in [-0.05, 0) is 6.07 Å². The van der Waals surface area contributed by atoms with E-state index < -0.39 is 9.85 Å². The summed E-state index contributed by atoms with van der Waals surface area (Å²) in [6.45, 7) is -0.207. The van der Waals surface area contributed by atoms with E-state index in [0.717, 1.165) is 6.07 Å². The lowest BCUT2D eigenvalue weighted by molar-refractivity contribution is -0.601. The predicted molar refractivity (Wildman–Crippen MR) is 67.2 cm³/mol. The molecule has 2 aromatic rings. The van der Waals surface area contributed by atoms with Gasteiger partial charge in [-0.15, -0.1) is 0 Å². The van der Waals surface area contributed by atoms with Crippen LogP contribution < -0.4 is 4.57 Å². The summed E-state index contributed by atoms with van der Waals surface area (Å²) < 4.78 is 1.44. The van der Waals surface area contributed by atoms with Crippen LogP contribution in [0.5, 0.6) is 0 Å². The van der Waals surface area contributed by atoms with Crippen molar-refractivity contribution in [3.8, 4) is 5.69 Å². The van der Waals surface area contributed by atoms with Gasteiger partial charge in [0.2, 0.25) is 0 Å². The second-order valence-corrected chi connectivity index (χ2v) is 3.96. The number of nitro groups is 2. The molecule has 8 nitrogen and oxygen atoms in total. The van der Waals surface area contributed by atoms with Crippen molar-refractivity contribution >= 4 is 11.4 Å². The lowest BCUT2D eigenvalue weighted by Gasteiger charge is -1.99. The first-order valence-electron chi connectivity index (χ1n) is 5.57. The van der Waals surface area contributed by atoms with Gasteiger partial charge >= 0.3 is 5.69 Å². The summed E-state index contributed by atoms with van der Waals surface area (Å²) in [5.74, 6) is 0. The monoisotopic (exact) mass is 276 g/mol. The highest BCUT2D eigenvalue weighted by Crippen LogP contribution is 2.24. The van der Waals surface area contributed by atoms with Crippen molar-refractivity contribution in [1.29, 1.82) is 0 Å². The molecule has 1 aromatic carbocycles. The van der Waals surface area contributed by atoms with Gasteiger partial charge in [0, 0.05) is 23.8 Å². The van der Waals surface area contributed by atoms with Crippen LogP contribution in [-0.4, -0.2) is 15.0 Å². The molecule has 0 radical (unpaired) electrons. The van der Waals surface area contributed by atoms with Crippen molar-refractivity contribution in [3.05, 3.63) is 68.5 Å². The van der Waals surface area contributed by atoms with Gasteiger partial charge in [-0.25, -0.2) is 0 Å². The summed E-state index contributed by atoms with van der Waals surface area (Å²) >= 11 is 0. The Kier molecular flexibility index (Phi) is 3.67. The van der Waals surface area contributed by atoms with Gasteiger partial charge in [0.25, 0.3) is 11.4 Å². The Morgan fingerprint density at radius 3 is 2.50 bits per heavy atom. The third-order valence-electron chi connectivity index (χ3n) is 2.69. The zero-order valence-corrected chi connectivity index (χ0v) is 10.2. The van der Waals surface area contributed by atoms with Crippen molar-refractivity contribution in [2.24, 2.45) is 0 Å². The van der Waals surface area contributed by atoms with Crippen molar-refractivity contribution in [2.45, 2.75) is 6.61 Å². The van der Waals surface area contributed by atoms with Gasteiger partial charge in [-0.3, -0.25) is 20.2 Å². The van der Waals surface area contributed by atoms with E-state index in [1.165, 1.54) is 22.9 Å². The highest BCUT2D eigenvalue weighted by Gasteiger charge is 2.26. The van der Waals surface area contributed by atoms with E-state index in [2.05, 4.69) is 0 Å². The quantitative estimate of drug-likeness (QED) is 0.513. The van der Waals surface area contributed by atoms with Gasteiger partial charge in [0.1, 0.15) is 6.07 Å². The summed E-state index contributed by atoms with van der Waals surface area (Å²) in [4.78, 5) is 20.3. The Balaban J connectivity index is 2.60. The molecule has 2 rings (SSSR count). The minimum Gasteiger partial charge on any atom is -0.391 e. The van der Waals surface area contributed by atoms with Crippen molar-refractivity contribution in [1.82, 2.24) is 0 Å². The molecule has 0 saturated heterocycles. The smallest absolute Gasteiger partial charge is 0.347 e. The third kappa shape index (κ3) is 2.59. The summed E-state index contributed by atoms with van der Waals surface area (Å²) in [5.41, 5.74) is 0.0368. The molecule has 0 aliphatic rings. The number of aromatic nitrogens is 1. The number of nitrogens with zero attached hydrogens (tertiary/aromatic N) is 3. The topological polar surface area (TPSA) is 110 Å². The number of benzene rings is 1. The Bertz CT molecular complexity index is 687. The van der Waals surface area contributed by atoms with Crippen LogP contribution in [0.15, 0.2) is 42.7 Å². The van der Waals surface area contributed by atoms with Gasteiger partial charge in [0.15, 0.2) is 12.4 Å². The van der Waals surface area contributed by atoms with Crippen LogP contribution in [0.1, 0.15) is 5.56 Å². The number of aliphatic hydroxyl groups is 1. The van der Waals surface area contributed by atoms with E-state index in [4.69, 9.17) is 5.11 Å². The molecule has 1 N–H and O–H groups in total. The molecule has 102 valence electrons. The zero-order chi connectivity index (χ0) is 14.7. The van der Waals surface area contributed by atoms with Gasteiger partial charge in [0.05, 0.1) is 16.5 Å². The van der Waals surface area contributed by atoms with E-state index >= 15 is 0 Å². The maximum absolute atomic E-state index is 11.0. The molecule has 0 spiro atoms. The Hall–Kier alpha value is -2.87. The highest BCUT2D eigenvalue weighted by molar-refractivity contribution is 5.53. The molecule has 0 atom stereocenters. The molecule has 1 heterocycles. The predicted octanol–water partition coefficient (Wildman–Crippen LogP) is 1.27. The van der Waals surface area contributed by atoms with E-state index in [0.29, 0.717) is 5.56 Å². The van der Waals surface area contributed by atoms with Gasteiger partial charge in [-0.1, -0.05) is 0 Å². The van der Waals surface area contributed by atoms with E-state index in [9.17, 15) is 20.2 Å². The van der Waals surface area contributed by atoms with Gasteiger partial charge < -0.3 is 5.11 Å². The highest BCUT2D eigenvalue weighted by atomic mass is 16.6. The first kappa shape index (κ1) is 13.6. The Morgan fingerprint density at radius 1 is 1.15 bits per heavy atom. The molecule has 0 fully saturated rings. The minimum absolute atomic E-state index is 0.191. The Morgan fingerprint density at radius 2 is 1.90 bits per heavy atom. The molecule has 0 aliphatic heterocycles. The molecular formula is C12H10N3O5+. The van der Waals surface area contributed by atoms with Crippen LogP contribution in [0.4, 0.5) is 11.4 Å². The molecule has 0 saturated carbocycles. The first-order valence-corrected chi connectivity index (χ1v) is 5.57. The average Bonchev–Trinajstić information content (AvgIpc) is 2.46. The summed E-state index contributed by atoms with van der Waals surface area (Å²) in [6, 6.07) is 6.69. The normalized spacial score (nSPS) is 10.2. The Labute approximate surface area is 112 Å². The summed E-state index contributed by atoms with van der Waals surface area (Å²) in [5, 5.41) is 30.8. The molecular weight excluding hydrogens is 266 g/mol. The second-order valence-electron chi connectivity index (χ2n) is 3.96. The fourth-order valence-electron chi connectivity index (χ4n) is 1.76. The van der Waals surface area contributed by atoms with Crippen LogP contribution in [0.3, 0.4) is 0 Å². The minimum atomic E-state index is -0.689. The summed E-state index contributed by atoms with van der Waals surface area (Å²) in [6.07, 6.45) is 3.08. The lowest BCUT2D eigenvalue weighted by Crippen LogP contribution is -2.31. The van der Waals surface area contributed by atoms with Crippen molar-refractivity contribution < 1.29 is 19.5 Å². The van der Waals surface area contributed by atoms with Gasteiger partial charge in [-0.2, -0.15) is 4.57 Å². The molecule has 0 amide bonds. The first-order chi connectivity index (χ1) is 9.52. The maximum atomic E-state index is 11.0.